The summed E-state index contributed by atoms with van der Waals surface area (Å²) in [5, 5.41) is 1.01. The molecular weight excluding hydrogens is 286 g/mol. The largest absolute Gasteiger partial charge is 0.456 e. The molecule has 0 saturated carbocycles. The number of aromatic nitrogens is 1. The minimum atomic E-state index is -0.399. The zero-order chi connectivity index (χ0) is 16.2. The lowest BCUT2D eigenvalue weighted by Crippen LogP contribution is -2.07. The van der Waals surface area contributed by atoms with Gasteiger partial charge in [-0.3, -0.25) is 0 Å². The maximum absolute atomic E-state index is 12.2. The molecule has 0 N–H and O–H groups in total. The van der Waals surface area contributed by atoms with Gasteiger partial charge in [-0.15, -0.1) is 0 Å². The molecule has 1 heterocycles. The molecule has 0 fully saturated rings. The highest BCUT2D eigenvalue weighted by molar-refractivity contribution is 5.90. The second kappa shape index (κ2) is 6.61. The van der Waals surface area contributed by atoms with E-state index in [-0.39, 0.29) is 6.61 Å². The van der Waals surface area contributed by atoms with Crippen molar-refractivity contribution in [1.29, 1.82) is 0 Å². The summed E-state index contributed by atoms with van der Waals surface area (Å²) in [4.78, 5) is 16.5. The highest BCUT2D eigenvalue weighted by atomic mass is 16.5. The second-order valence-corrected chi connectivity index (χ2v) is 5.86. The van der Waals surface area contributed by atoms with Crippen molar-refractivity contribution in [3.05, 3.63) is 77.5 Å². The summed E-state index contributed by atoms with van der Waals surface area (Å²) >= 11 is 0. The molecule has 0 aliphatic heterocycles. The standard InChI is InChI=1S/C20H19NO2/c1-14(2)16-9-7-15(8-10-16)13-23-20(22)19-12-11-17-5-3-4-6-18(17)21-19/h3-12,14H,13H2,1-2H3. The number of hydrogen-bond acceptors (Lipinski definition) is 3. The summed E-state index contributed by atoms with van der Waals surface area (Å²) in [6.07, 6.45) is 0. The van der Waals surface area contributed by atoms with Crippen LogP contribution in [0.15, 0.2) is 60.7 Å². The van der Waals surface area contributed by atoms with Crippen LogP contribution in [-0.2, 0) is 11.3 Å². The van der Waals surface area contributed by atoms with Crippen molar-refractivity contribution in [2.75, 3.05) is 0 Å². The van der Waals surface area contributed by atoms with Gasteiger partial charge < -0.3 is 4.74 Å². The first-order chi connectivity index (χ1) is 11.1. The van der Waals surface area contributed by atoms with E-state index in [4.69, 9.17) is 4.74 Å². The summed E-state index contributed by atoms with van der Waals surface area (Å²) in [5.74, 6) is 0.0945. The molecule has 23 heavy (non-hydrogen) atoms. The number of pyridine rings is 1. The van der Waals surface area contributed by atoms with Gasteiger partial charge in [0.15, 0.2) is 0 Å². The van der Waals surface area contributed by atoms with Crippen molar-refractivity contribution in [1.82, 2.24) is 4.98 Å². The molecule has 0 radical (unpaired) electrons. The van der Waals surface area contributed by atoms with Crippen LogP contribution in [-0.4, -0.2) is 11.0 Å². The first-order valence-electron chi connectivity index (χ1n) is 7.75. The quantitative estimate of drug-likeness (QED) is 0.655. The van der Waals surface area contributed by atoms with Crippen molar-refractivity contribution in [2.45, 2.75) is 26.4 Å². The van der Waals surface area contributed by atoms with Crippen LogP contribution in [0.4, 0.5) is 0 Å². The van der Waals surface area contributed by atoms with Gasteiger partial charge in [-0.25, -0.2) is 9.78 Å². The fourth-order valence-corrected chi connectivity index (χ4v) is 2.40. The number of nitrogens with zero attached hydrogens (tertiary/aromatic N) is 1. The number of carbonyl (C=O) groups excluding carboxylic acids is 1. The van der Waals surface area contributed by atoms with Crippen molar-refractivity contribution < 1.29 is 9.53 Å². The van der Waals surface area contributed by atoms with Gasteiger partial charge >= 0.3 is 5.97 Å². The van der Waals surface area contributed by atoms with Crippen LogP contribution in [0.25, 0.3) is 10.9 Å². The van der Waals surface area contributed by atoms with Gasteiger partial charge in [0.2, 0.25) is 0 Å². The van der Waals surface area contributed by atoms with Crippen LogP contribution in [0, 0.1) is 0 Å². The Labute approximate surface area is 135 Å². The summed E-state index contributed by atoms with van der Waals surface area (Å²) in [5.41, 5.74) is 3.38. The number of carbonyl (C=O) groups is 1. The average molecular weight is 305 g/mol. The topological polar surface area (TPSA) is 39.2 Å². The van der Waals surface area contributed by atoms with Gasteiger partial charge in [-0.05, 0) is 29.2 Å². The Morgan fingerprint density at radius 2 is 1.74 bits per heavy atom. The number of fused-ring (bicyclic) bond motifs is 1. The zero-order valence-electron chi connectivity index (χ0n) is 13.3. The Bertz CT molecular complexity index is 822. The smallest absolute Gasteiger partial charge is 0.357 e. The molecule has 0 atom stereocenters. The molecule has 3 nitrogen and oxygen atoms in total. The molecule has 0 unspecified atom stereocenters. The van der Waals surface area contributed by atoms with Crippen molar-refractivity contribution >= 4 is 16.9 Å². The van der Waals surface area contributed by atoms with Gasteiger partial charge in [0, 0.05) is 5.39 Å². The Hall–Kier alpha value is -2.68. The summed E-state index contributed by atoms with van der Waals surface area (Å²) < 4.78 is 5.36. The van der Waals surface area contributed by atoms with Crippen LogP contribution in [0.2, 0.25) is 0 Å². The predicted molar refractivity (Wildman–Crippen MR) is 91.4 cm³/mol. The van der Waals surface area contributed by atoms with Crippen LogP contribution in [0.1, 0.15) is 41.4 Å². The average Bonchev–Trinajstić information content (AvgIpc) is 2.59. The van der Waals surface area contributed by atoms with E-state index in [1.165, 1.54) is 5.56 Å². The number of para-hydroxylation sites is 1. The minimum absolute atomic E-state index is 0.256. The third kappa shape index (κ3) is 3.57. The lowest BCUT2D eigenvalue weighted by Gasteiger charge is -2.08. The lowest BCUT2D eigenvalue weighted by molar-refractivity contribution is 0.0466. The summed E-state index contributed by atoms with van der Waals surface area (Å²) in [6.45, 7) is 4.56. The molecule has 0 aliphatic carbocycles. The number of rotatable bonds is 4. The fourth-order valence-electron chi connectivity index (χ4n) is 2.40. The number of esters is 1. The Kier molecular flexibility index (Phi) is 4.38. The van der Waals surface area contributed by atoms with Crippen LogP contribution < -0.4 is 0 Å². The van der Waals surface area contributed by atoms with Gasteiger partial charge in [0.05, 0.1) is 5.52 Å². The van der Waals surface area contributed by atoms with E-state index in [2.05, 4.69) is 31.0 Å². The molecule has 0 bridgehead atoms. The van der Waals surface area contributed by atoms with E-state index in [0.717, 1.165) is 16.5 Å². The third-order valence-electron chi connectivity index (χ3n) is 3.82. The molecule has 0 aliphatic rings. The third-order valence-corrected chi connectivity index (χ3v) is 3.82. The van der Waals surface area contributed by atoms with Crippen molar-refractivity contribution in [3.63, 3.8) is 0 Å². The fraction of sp³-hybridized carbons (Fsp3) is 0.200. The molecule has 3 aromatic rings. The highest BCUT2D eigenvalue weighted by Gasteiger charge is 2.10. The van der Waals surface area contributed by atoms with Crippen molar-refractivity contribution in [3.8, 4) is 0 Å². The molecule has 116 valence electrons. The van der Waals surface area contributed by atoms with E-state index in [1.54, 1.807) is 6.07 Å². The lowest BCUT2D eigenvalue weighted by atomic mass is 10.0. The van der Waals surface area contributed by atoms with E-state index < -0.39 is 5.97 Å². The molecule has 0 amide bonds. The molecule has 2 aromatic carbocycles. The number of ether oxygens (including phenoxy) is 1. The van der Waals surface area contributed by atoms with Crippen LogP contribution in [0.3, 0.4) is 0 Å². The zero-order valence-corrected chi connectivity index (χ0v) is 13.3. The Morgan fingerprint density at radius 3 is 2.48 bits per heavy atom. The predicted octanol–water partition coefficient (Wildman–Crippen LogP) is 4.72. The molecule has 0 spiro atoms. The molecule has 1 aromatic heterocycles. The molecular formula is C20H19NO2. The SMILES string of the molecule is CC(C)c1ccc(COC(=O)c2ccc3ccccc3n2)cc1. The molecule has 0 saturated heterocycles. The Morgan fingerprint density at radius 1 is 1.00 bits per heavy atom. The maximum atomic E-state index is 12.2. The van der Waals surface area contributed by atoms with E-state index in [1.807, 2.05) is 42.5 Å². The Balaban J connectivity index is 1.68. The maximum Gasteiger partial charge on any atom is 0.357 e. The first kappa shape index (κ1) is 15.2. The van der Waals surface area contributed by atoms with Crippen molar-refractivity contribution in [2.24, 2.45) is 0 Å². The minimum Gasteiger partial charge on any atom is -0.456 e. The molecule has 3 heteroatoms. The van der Waals surface area contributed by atoms with Crippen LogP contribution in [0.5, 0.6) is 0 Å². The van der Waals surface area contributed by atoms with E-state index in [0.29, 0.717) is 11.6 Å². The normalized spacial score (nSPS) is 10.9. The monoisotopic (exact) mass is 305 g/mol. The van der Waals surface area contributed by atoms with Gasteiger partial charge in [-0.1, -0.05) is 62.4 Å². The summed E-state index contributed by atoms with van der Waals surface area (Å²) in [6, 6.07) is 19.4. The molecule has 3 rings (SSSR count). The van der Waals surface area contributed by atoms with Gasteiger partial charge in [0.1, 0.15) is 12.3 Å². The highest BCUT2D eigenvalue weighted by Crippen LogP contribution is 2.16. The van der Waals surface area contributed by atoms with E-state index in [9.17, 15) is 4.79 Å². The number of hydrogen-bond donors (Lipinski definition) is 0. The van der Waals surface area contributed by atoms with Gasteiger partial charge in [0.25, 0.3) is 0 Å². The summed E-state index contributed by atoms with van der Waals surface area (Å²) in [7, 11) is 0. The first-order valence-corrected chi connectivity index (χ1v) is 7.75. The van der Waals surface area contributed by atoms with Crippen LogP contribution >= 0.6 is 0 Å². The van der Waals surface area contributed by atoms with E-state index >= 15 is 0 Å². The van der Waals surface area contributed by atoms with Gasteiger partial charge in [-0.2, -0.15) is 0 Å². The second-order valence-electron chi connectivity index (χ2n) is 5.86. The number of benzene rings is 2.